The Kier molecular flexibility index (Phi) is 4.00. The summed E-state index contributed by atoms with van der Waals surface area (Å²) in [6, 6.07) is 8.52. The molecule has 0 aliphatic carbocycles. The number of carbonyl (C=O) groups is 1. The summed E-state index contributed by atoms with van der Waals surface area (Å²) in [7, 11) is 0. The molecule has 0 spiro atoms. The van der Waals surface area contributed by atoms with E-state index in [0.717, 1.165) is 16.2 Å². The van der Waals surface area contributed by atoms with Crippen LogP contribution in [0.1, 0.15) is 34.1 Å². The van der Waals surface area contributed by atoms with Gasteiger partial charge in [-0.25, -0.2) is 8.78 Å². The molecule has 3 aromatic rings. The fourth-order valence-corrected chi connectivity index (χ4v) is 4.25. The van der Waals surface area contributed by atoms with Crippen molar-refractivity contribution in [1.29, 1.82) is 0 Å². The van der Waals surface area contributed by atoms with Crippen LogP contribution in [0.2, 0.25) is 0 Å². The lowest BCUT2D eigenvalue weighted by atomic mass is 10.0. The van der Waals surface area contributed by atoms with Crippen LogP contribution >= 0.6 is 11.8 Å². The van der Waals surface area contributed by atoms with Gasteiger partial charge in [0.1, 0.15) is 17.2 Å². The average molecular weight is 359 g/mol. The van der Waals surface area contributed by atoms with Crippen LogP contribution in [0.25, 0.3) is 11.0 Å². The second-order valence-electron chi connectivity index (χ2n) is 6.04. The van der Waals surface area contributed by atoms with E-state index < -0.39 is 0 Å². The van der Waals surface area contributed by atoms with Gasteiger partial charge < -0.3 is 9.73 Å². The number of hydrogen-bond donors (Lipinski definition) is 1. The highest BCUT2D eigenvalue weighted by Crippen LogP contribution is 2.37. The summed E-state index contributed by atoms with van der Waals surface area (Å²) in [4.78, 5) is 13.7. The number of furan rings is 1. The van der Waals surface area contributed by atoms with Gasteiger partial charge in [0.25, 0.3) is 5.91 Å². The molecule has 0 bridgehead atoms. The third-order valence-electron chi connectivity index (χ3n) is 4.42. The molecule has 4 rings (SSSR count). The average Bonchev–Trinajstić information content (AvgIpc) is 2.92. The second-order valence-corrected chi connectivity index (χ2v) is 7.18. The SMILES string of the molecule is Cc1c(C(=O)NC2CCSc3ccc(F)cc32)oc2ccc(F)cc12. The highest BCUT2D eigenvalue weighted by atomic mass is 32.2. The molecule has 2 aromatic carbocycles. The van der Waals surface area contributed by atoms with Crippen molar-refractivity contribution in [1.82, 2.24) is 5.32 Å². The van der Waals surface area contributed by atoms with E-state index in [1.54, 1.807) is 24.8 Å². The number of rotatable bonds is 2. The number of hydrogen-bond acceptors (Lipinski definition) is 3. The van der Waals surface area contributed by atoms with Crippen molar-refractivity contribution in [3.05, 3.63) is 64.9 Å². The van der Waals surface area contributed by atoms with Gasteiger partial charge in [0.05, 0.1) is 6.04 Å². The molecular weight excluding hydrogens is 344 g/mol. The Bertz CT molecular complexity index is 983. The van der Waals surface area contributed by atoms with Gasteiger partial charge in [0.15, 0.2) is 5.76 Å². The van der Waals surface area contributed by atoms with Crippen LogP contribution in [0.3, 0.4) is 0 Å². The van der Waals surface area contributed by atoms with E-state index in [-0.39, 0.29) is 29.3 Å². The van der Waals surface area contributed by atoms with Crippen LogP contribution < -0.4 is 5.32 Å². The first-order chi connectivity index (χ1) is 12.0. The van der Waals surface area contributed by atoms with Crippen molar-refractivity contribution in [3.8, 4) is 0 Å². The maximum atomic E-state index is 13.6. The zero-order valence-electron chi connectivity index (χ0n) is 13.4. The molecule has 0 saturated carbocycles. The first kappa shape index (κ1) is 16.1. The van der Waals surface area contributed by atoms with Gasteiger partial charge in [0, 0.05) is 21.6 Å². The lowest BCUT2D eigenvalue weighted by Gasteiger charge is -2.25. The monoisotopic (exact) mass is 359 g/mol. The van der Waals surface area contributed by atoms with Crippen LogP contribution in [-0.2, 0) is 0 Å². The molecular formula is C19H15F2NO2S. The highest BCUT2D eigenvalue weighted by molar-refractivity contribution is 7.99. The molecule has 3 nitrogen and oxygen atoms in total. The van der Waals surface area contributed by atoms with E-state index in [0.29, 0.717) is 23.0 Å². The maximum Gasteiger partial charge on any atom is 0.287 e. The molecule has 1 aliphatic rings. The molecule has 128 valence electrons. The van der Waals surface area contributed by atoms with Crippen molar-refractivity contribution in [2.75, 3.05) is 5.75 Å². The Morgan fingerprint density at radius 2 is 1.96 bits per heavy atom. The Morgan fingerprint density at radius 3 is 2.80 bits per heavy atom. The van der Waals surface area contributed by atoms with E-state index >= 15 is 0 Å². The van der Waals surface area contributed by atoms with Crippen molar-refractivity contribution in [2.45, 2.75) is 24.3 Å². The summed E-state index contributed by atoms with van der Waals surface area (Å²) in [5, 5.41) is 3.51. The summed E-state index contributed by atoms with van der Waals surface area (Å²) in [6.07, 6.45) is 0.709. The normalized spacial score (nSPS) is 16.7. The van der Waals surface area contributed by atoms with Crippen LogP contribution in [0.5, 0.6) is 0 Å². The number of thioether (sulfide) groups is 1. The van der Waals surface area contributed by atoms with E-state index in [9.17, 15) is 13.6 Å². The molecule has 1 amide bonds. The highest BCUT2D eigenvalue weighted by Gasteiger charge is 2.26. The summed E-state index contributed by atoms with van der Waals surface area (Å²) >= 11 is 1.65. The lowest BCUT2D eigenvalue weighted by molar-refractivity contribution is 0.0908. The molecule has 2 heterocycles. The number of aryl methyl sites for hydroxylation is 1. The summed E-state index contributed by atoms with van der Waals surface area (Å²) < 4.78 is 32.6. The lowest BCUT2D eigenvalue weighted by Crippen LogP contribution is -2.30. The van der Waals surface area contributed by atoms with E-state index in [1.807, 2.05) is 0 Å². The molecule has 1 unspecified atom stereocenters. The number of benzene rings is 2. The summed E-state index contributed by atoms with van der Waals surface area (Å²) in [5.41, 5.74) is 1.84. The molecule has 1 aliphatic heterocycles. The van der Waals surface area contributed by atoms with Gasteiger partial charge in [-0.1, -0.05) is 0 Å². The Hall–Kier alpha value is -2.34. The third kappa shape index (κ3) is 2.91. The van der Waals surface area contributed by atoms with E-state index in [1.165, 1.54) is 30.3 Å². The predicted molar refractivity (Wildman–Crippen MR) is 92.9 cm³/mol. The van der Waals surface area contributed by atoms with Gasteiger partial charge in [0.2, 0.25) is 0 Å². The third-order valence-corrected chi connectivity index (χ3v) is 5.54. The minimum atomic E-state index is -0.378. The summed E-state index contributed by atoms with van der Waals surface area (Å²) in [6.45, 7) is 1.73. The Labute approximate surface area is 147 Å². The number of fused-ring (bicyclic) bond motifs is 2. The van der Waals surface area contributed by atoms with Crippen molar-refractivity contribution >= 4 is 28.6 Å². The van der Waals surface area contributed by atoms with Gasteiger partial charge in [-0.2, -0.15) is 0 Å². The van der Waals surface area contributed by atoms with Gasteiger partial charge in [-0.15, -0.1) is 11.8 Å². The molecule has 1 atom stereocenters. The zero-order chi connectivity index (χ0) is 17.6. The van der Waals surface area contributed by atoms with Crippen molar-refractivity contribution < 1.29 is 18.0 Å². The maximum absolute atomic E-state index is 13.6. The first-order valence-corrected chi connectivity index (χ1v) is 8.93. The Morgan fingerprint density at radius 1 is 1.20 bits per heavy atom. The largest absolute Gasteiger partial charge is 0.451 e. The number of nitrogens with one attached hydrogen (secondary N) is 1. The molecule has 1 N–H and O–H groups in total. The number of carbonyl (C=O) groups excluding carboxylic acids is 1. The second kappa shape index (κ2) is 6.19. The molecule has 1 aromatic heterocycles. The smallest absolute Gasteiger partial charge is 0.287 e. The van der Waals surface area contributed by atoms with Crippen LogP contribution in [-0.4, -0.2) is 11.7 Å². The van der Waals surface area contributed by atoms with Crippen molar-refractivity contribution in [2.24, 2.45) is 0 Å². The predicted octanol–water partition coefficient (Wildman–Crippen LogP) is 4.99. The minimum absolute atomic E-state index is 0.164. The Balaban J connectivity index is 1.66. The van der Waals surface area contributed by atoms with Crippen LogP contribution in [0.15, 0.2) is 45.7 Å². The van der Waals surface area contributed by atoms with Gasteiger partial charge in [-0.05, 0) is 55.3 Å². The molecule has 0 radical (unpaired) electrons. The van der Waals surface area contributed by atoms with E-state index in [4.69, 9.17) is 4.42 Å². The number of halogens is 2. The van der Waals surface area contributed by atoms with Gasteiger partial charge in [-0.3, -0.25) is 4.79 Å². The molecule has 0 fully saturated rings. The quantitative estimate of drug-likeness (QED) is 0.701. The molecule has 25 heavy (non-hydrogen) atoms. The van der Waals surface area contributed by atoms with Crippen LogP contribution in [0, 0.1) is 18.6 Å². The molecule has 0 saturated heterocycles. The topological polar surface area (TPSA) is 42.2 Å². The number of amides is 1. The zero-order valence-corrected chi connectivity index (χ0v) is 14.3. The fraction of sp³-hybridized carbons (Fsp3) is 0.211. The fourth-order valence-electron chi connectivity index (χ4n) is 3.15. The van der Waals surface area contributed by atoms with Gasteiger partial charge >= 0.3 is 0 Å². The summed E-state index contributed by atoms with van der Waals surface area (Å²) in [5.74, 6) is -0.0700. The van der Waals surface area contributed by atoms with Crippen LogP contribution in [0.4, 0.5) is 8.78 Å². The minimum Gasteiger partial charge on any atom is -0.451 e. The van der Waals surface area contributed by atoms with E-state index in [2.05, 4.69) is 5.32 Å². The standard InChI is InChI=1S/C19H15F2NO2S/c1-10-13-8-11(20)2-4-16(13)24-18(10)19(23)22-15-6-7-25-17-5-3-12(21)9-14(15)17/h2-5,8-9,15H,6-7H2,1H3,(H,22,23). The van der Waals surface area contributed by atoms with Crippen molar-refractivity contribution in [3.63, 3.8) is 0 Å². The first-order valence-electron chi connectivity index (χ1n) is 7.94. The molecule has 6 heteroatoms.